The fraction of sp³-hybridized carbons (Fsp3) is 0.200. The Morgan fingerprint density at radius 1 is 0.703 bits per heavy atom. The van der Waals surface area contributed by atoms with Gasteiger partial charge in [0, 0.05) is 18.2 Å². The normalized spacial score (nSPS) is 12.2. The van der Waals surface area contributed by atoms with E-state index in [1.165, 1.54) is 38.2 Å². The van der Waals surface area contributed by atoms with Crippen molar-refractivity contribution >= 4 is 23.1 Å². The van der Waals surface area contributed by atoms with E-state index in [1.807, 2.05) is 0 Å². The molecule has 0 fully saturated rings. The maximum Gasteiger partial charge on any atom is 0.411 e. The van der Waals surface area contributed by atoms with E-state index in [1.54, 1.807) is 0 Å². The molecular formula is C25H20F6N2O4. The highest BCUT2D eigenvalue weighted by atomic mass is 19.4. The third kappa shape index (κ3) is 4.91. The van der Waals surface area contributed by atoms with Gasteiger partial charge in [-0.3, -0.25) is 9.59 Å². The molecule has 3 aromatic carbocycles. The Morgan fingerprint density at radius 2 is 1.14 bits per heavy atom. The van der Waals surface area contributed by atoms with Crippen molar-refractivity contribution in [3.8, 4) is 11.5 Å². The number of phenolic OH excluding ortho intramolecular Hbond substituents is 2. The number of aromatic hydroxyl groups is 2. The van der Waals surface area contributed by atoms with Crippen molar-refractivity contribution in [2.45, 2.75) is 24.7 Å². The van der Waals surface area contributed by atoms with Crippen molar-refractivity contribution in [3.63, 3.8) is 0 Å². The van der Waals surface area contributed by atoms with Crippen molar-refractivity contribution in [2.24, 2.45) is 0 Å². The highest BCUT2D eigenvalue weighted by molar-refractivity contribution is 6.05. The number of ketones is 1. The Labute approximate surface area is 206 Å². The van der Waals surface area contributed by atoms with Gasteiger partial charge in [-0.05, 0) is 54.4 Å². The molecule has 0 radical (unpaired) electrons. The molecule has 0 aliphatic heterocycles. The Hall–Kier alpha value is -4.22. The van der Waals surface area contributed by atoms with Gasteiger partial charge < -0.3 is 20.8 Å². The molecule has 0 saturated carbocycles. The number of benzene rings is 3. The third-order valence-corrected chi connectivity index (χ3v) is 5.78. The number of hydrogen-bond donors (Lipinski definition) is 4. The van der Waals surface area contributed by atoms with Crippen LogP contribution in [0.5, 0.6) is 11.5 Å². The lowest BCUT2D eigenvalue weighted by Gasteiger charge is -2.38. The molecule has 12 heteroatoms. The molecule has 4 N–H and O–H groups in total. The van der Waals surface area contributed by atoms with Gasteiger partial charge in [0.25, 0.3) is 5.91 Å². The lowest BCUT2D eigenvalue weighted by Crippen LogP contribution is -2.54. The first-order valence-corrected chi connectivity index (χ1v) is 10.5. The molecule has 0 bridgehead atoms. The zero-order valence-electron chi connectivity index (χ0n) is 19.3. The molecule has 0 heterocycles. The number of amides is 1. The number of rotatable bonds is 6. The molecule has 0 aromatic heterocycles. The molecule has 0 atom stereocenters. The van der Waals surface area contributed by atoms with Crippen LogP contribution < -0.4 is 10.6 Å². The van der Waals surface area contributed by atoms with Crippen LogP contribution in [0.15, 0.2) is 60.7 Å². The van der Waals surface area contributed by atoms with Crippen LogP contribution in [0.2, 0.25) is 0 Å². The Bertz CT molecular complexity index is 1320. The van der Waals surface area contributed by atoms with E-state index in [0.29, 0.717) is 36.4 Å². The number of halogens is 6. The van der Waals surface area contributed by atoms with Crippen molar-refractivity contribution in [3.05, 3.63) is 82.9 Å². The molecule has 0 spiro atoms. The summed E-state index contributed by atoms with van der Waals surface area (Å²) in [5.74, 6) is -2.59. The van der Waals surface area contributed by atoms with Crippen LogP contribution in [0.3, 0.4) is 0 Å². The highest BCUT2D eigenvalue weighted by Gasteiger charge is 2.72. The Kier molecular flexibility index (Phi) is 7.16. The quantitative estimate of drug-likeness (QED) is 0.179. The number of carbonyl (C=O) groups excluding carboxylic acids is 2. The minimum absolute atomic E-state index is 0.0649. The fourth-order valence-corrected chi connectivity index (χ4v) is 3.87. The minimum atomic E-state index is -5.94. The molecule has 0 unspecified atom stereocenters. The van der Waals surface area contributed by atoms with Gasteiger partial charge in [-0.2, -0.15) is 26.3 Å². The van der Waals surface area contributed by atoms with Gasteiger partial charge in [0.15, 0.2) is 5.78 Å². The van der Waals surface area contributed by atoms with Crippen LogP contribution in [0.1, 0.15) is 38.8 Å². The first kappa shape index (κ1) is 27.4. The topological polar surface area (TPSA) is 98.7 Å². The van der Waals surface area contributed by atoms with E-state index in [0.717, 1.165) is 0 Å². The minimum Gasteiger partial charge on any atom is -0.506 e. The van der Waals surface area contributed by atoms with Gasteiger partial charge in [0.1, 0.15) is 11.5 Å². The monoisotopic (exact) mass is 526 g/mol. The average molecular weight is 526 g/mol. The van der Waals surface area contributed by atoms with Crippen LogP contribution in [0.25, 0.3) is 0 Å². The first-order valence-electron chi connectivity index (χ1n) is 10.5. The summed E-state index contributed by atoms with van der Waals surface area (Å²) in [7, 11) is 1.21. The Balaban J connectivity index is 2.19. The molecule has 3 rings (SSSR count). The van der Waals surface area contributed by atoms with E-state index in [2.05, 4.69) is 10.6 Å². The molecule has 3 aromatic rings. The van der Waals surface area contributed by atoms with Crippen LogP contribution in [0.4, 0.5) is 37.7 Å². The van der Waals surface area contributed by atoms with Gasteiger partial charge in [0.2, 0.25) is 5.41 Å². The van der Waals surface area contributed by atoms with E-state index in [-0.39, 0.29) is 22.6 Å². The number of phenols is 2. The maximum atomic E-state index is 14.5. The van der Waals surface area contributed by atoms with E-state index in [4.69, 9.17) is 0 Å². The first-order chi connectivity index (χ1) is 17.1. The number of alkyl halides is 6. The van der Waals surface area contributed by atoms with E-state index >= 15 is 0 Å². The van der Waals surface area contributed by atoms with Crippen LogP contribution in [0, 0.1) is 0 Å². The van der Waals surface area contributed by atoms with Crippen molar-refractivity contribution in [2.75, 3.05) is 17.7 Å². The van der Waals surface area contributed by atoms with Gasteiger partial charge >= 0.3 is 12.4 Å². The van der Waals surface area contributed by atoms with Gasteiger partial charge in [-0.25, -0.2) is 0 Å². The van der Waals surface area contributed by atoms with Crippen LogP contribution >= 0.6 is 0 Å². The number of hydrogen-bond acceptors (Lipinski definition) is 5. The summed E-state index contributed by atoms with van der Waals surface area (Å²) in [6.07, 6.45) is -11.9. The lowest BCUT2D eigenvalue weighted by atomic mass is 9.72. The summed E-state index contributed by atoms with van der Waals surface area (Å²) in [6.45, 7) is 1.29. The largest absolute Gasteiger partial charge is 0.506 e. The molecule has 1 amide bonds. The average Bonchev–Trinajstić information content (AvgIpc) is 2.80. The third-order valence-electron chi connectivity index (χ3n) is 5.78. The predicted octanol–water partition coefficient (Wildman–Crippen LogP) is 6.01. The predicted molar refractivity (Wildman–Crippen MR) is 123 cm³/mol. The zero-order valence-corrected chi connectivity index (χ0v) is 19.3. The number of anilines is 2. The molecule has 0 aliphatic rings. The standard InChI is InChI=1S/C25H20F6N2O4/c1-13(34)14-3-5-15(6-4-14)22(37)33-19-12-17(8-10-21(19)36)23(24(26,27)28,25(29,30)31)16-7-9-20(35)18(11-16)32-2/h3-12,32,35-36H,1-2H3,(H,33,37). The number of nitrogens with one attached hydrogen (secondary N) is 2. The van der Waals surface area contributed by atoms with Gasteiger partial charge in [0.05, 0.1) is 11.4 Å². The summed E-state index contributed by atoms with van der Waals surface area (Å²) in [6, 6.07) is 8.28. The molecular weight excluding hydrogens is 506 g/mol. The second kappa shape index (κ2) is 9.68. The molecule has 0 saturated heterocycles. The summed E-state index contributed by atoms with van der Waals surface area (Å²) in [5, 5.41) is 24.4. The summed E-state index contributed by atoms with van der Waals surface area (Å²) in [5.41, 5.74) is -8.05. The molecule has 196 valence electrons. The molecule has 6 nitrogen and oxygen atoms in total. The van der Waals surface area contributed by atoms with Gasteiger partial charge in [-0.1, -0.05) is 24.3 Å². The van der Waals surface area contributed by atoms with E-state index < -0.39 is 52.0 Å². The van der Waals surface area contributed by atoms with Crippen molar-refractivity contribution in [1.29, 1.82) is 0 Å². The van der Waals surface area contributed by atoms with Crippen molar-refractivity contribution in [1.82, 2.24) is 0 Å². The maximum absolute atomic E-state index is 14.5. The number of Topliss-reactive ketones (excluding diaryl/α,β-unsaturated/α-hetero) is 1. The Morgan fingerprint density at radius 3 is 1.57 bits per heavy atom. The highest BCUT2D eigenvalue weighted by Crippen LogP contribution is 2.57. The summed E-state index contributed by atoms with van der Waals surface area (Å²) >= 11 is 0. The lowest BCUT2D eigenvalue weighted by molar-refractivity contribution is -0.288. The summed E-state index contributed by atoms with van der Waals surface area (Å²) < 4.78 is 86.8. The summed E-state index contributed by atoms with van der Waals surface area (Å²) in [4.78, 5) is 24.0. The number of carbonyl (C=O) groups is 2. The van der Waals surface area contributed by atoms with Crippen LogP contribution in [-0.2, 0) is 5.41 Å². The second-order valence-corrected chi connectivity index (χ2v) is 8.05. The fourth-order valence-electron chi connectivity index (χ4n) is 3.87. The zero-order chi connectivity index (χ0) is 27.8. The van der Waals surface area contributed by atoms with Gasteiger partial charge in [-0.15, -0.1) is 0 Å². The molecule has 37 heavy (non-hydrogen) atoms. The van der Waals surface area contributed by atoms with Crippen LogP contribution in [-0.4, -0.2) is 41.3 Å². The SMILES string of the molecule is CNc1cc(C(c2ccc(O)c(NC(=O)c3ccc(C(C)=O)cc3)c2)(C(F)(F)F)C(F)(F)F)ccc1O. The molecule has 0 aliphatic carbocycles. The second-order valence-electron chi connectivity index (χ2n) is 8.05. The smallest absolute Gasteiger partial charge is 0.411 e. The van der Waals surface area contributed by atoms with E-state index in [9.17, 15) is 46.1 Å². The van der Waals surface area contributed by atoms with Crippen molar-refractivity contribution < 1.29 is 46.1 Å².